The van der Waals surface area contributed by atoms with Crippen molar-refractivity contribution < 1.29 is 8.78 Å². The first-order valence-electron chi connectivity index (χ1n) is 2.59. The monoisotopic (exact) mass is 163 g/mol. The van der Waals surface area contributed by atoms with Crippen molar-refractivity contribution in [1.29, 1.82) is 0 Å². The summed E-state index contributed by atoms with van der Waals surface area (Å²) in [5.74, 6) is -1.56. The molecule has 0 amide bonds. The molecule has 0 spiro atoms. The van der Waals surface area contributed by atoms with Crippen molar-refractivity contribution in [2.45, 2.75) is 6.92 Å². The minimum atomic E-state index is -0.818. The molecule has 0 aromatic carbocycles. The molecule has 0 fully saturated rings. The summed E-state index contributed by atoms with van der Waals surface area (Å²) in [6.45, 7) is 1.28. The molecule has 1 aromatic heterocycles. The number of hydrogen-bond donors (Lipinski definition) is 0. The van der Waals surface area contributed by atoms with E-state index in [9.17, 15) is 8.78 Å². The van der Waals surface area contributed by atoms with Crippen molar-refractivity contribution in [2.24, 2.45) is 0 Å². The minimum absolute atomic E-state index is 0.146. The van der Waals surface area contributed by atoms with Gasteiger partial charge in [0.1, 0.15) is 0 Å². The van der Waals surface area contributed by atoms with Crippen LogP contribution in [0.3, 0.4) is 0 Å². The van der Waals surface area contributed by atoms with E-state index in [2.05, 4.69) is 4.98 Å². The predicted molar refractivity (Wildman–Crippen MR) is 33.9 cm³/mol. The highest BCUT2D eigenvalue weighted by molar-refractivity contribution is 6.30. The molecule has 0 aliphatic rings. The molecular formula is C6H4ClF2N. The molecule has 1 heterocycles. The fourth-order valence-corrected chi connectivity index (χ4v) is 0.727. The molecule has 0 aliphatic heterocycles. The number of aromatic nitrogens is 1. The van der Waals surface area contributed by atoms with E-state index in [1.54, 1.807) is 0 Å². The number of halogens is 3. The minimum Gasteiger partial charge on any atom is -0.226 e. The van der Waals surface area contributed by atoms with Crippen molar-refractivity contribution in [3.05, 3.63) is 28.5 Å². The first-order valence-corrected chi connectivity index (χ1v) is 2.97. The summed E-state index contributed by atoms with van der Waals surface area (Å²) in [5.41, 5.74) is -0.146. The highest BCUT2D eigenvalue weighted by Crippen LogP contribution is 2.17. The summed E-state index contributed by atoms with van der Waals surface area (Å²) in [6.07, 6.45) is 0.944. The maximum Gasteiger partial charge on any atom is 0.218 e. The fourth-order valence-electron chi connectivity index (χ4n) is 0.537. The largest absolute Gasteiger partial charge is 0.226 e. The number of pyridine rings is 1. The maximum absolute atomic E-state index is 12.6. The molecule has 1 nitrogen and oxygen atoms in total. The van der Waals surface area contributed by atoms with Gasteiger partial charge in [-0.15, -0.1) is 0 Å². The van der Waals surface area contributed by atoms with Crippen molar-refractivity contribution in [3.8, 4) is 0 Å². The van der Waals surface area contributed by atoms with Gasteiger partial charge in [0, 0.05) is 5.56 Å². The van der Waals surface area contributed by atoms with E-state index in [-0.39, 0.29) is 10.6 Å². The van der Waals surface area contributed by atoms with E-state index in [1.165, 1.54) is 6.92 Å². The number of hydrogen-bond acceptors (Lipinski definition) is 1. The first-order chi connectivity index (χ1) is 4.63. The highest BCUT2D eigenvalue weighted by Gasteiger charge is 2.07. The lowest BCUT2D eigenvalue weighted by atomic mass is 10.3. The molecule has 10 heavy (non-hydrogen) atoms. The van der Waals surface area contributed by atoms with E-state index in [1.807, 2.05) is 0 Å². The van der Waals surface area contributed by atoms with Crippen molar-refractivity contribution in [3.63, 3.8) is 0 Å². The van der Waals surface area contributed by atoms with Crippen LogP contribution in [-0.4, -0.2) is 4.98 Å². The summed E-state index contributed by atoms with van der Waals surface area (Å²) >= 11 is 5.28. The summed E-state index contributed by atoms with van der Waals surface area (Å²) in [7, 11) is 0. The Morgan fingerprint density at radius 3 is 2.60 bits per heavy atom. The Morgan fingerprint density at radius 1 is 1.50 bits per heavy atom. The Bertz CT molecular complexity index is 235. The number of nitrogens with zero attached hydrogens (tertiary/aromatic N) is 1. The Labute approximate surface area is 61.7 Å². The van der Waals surface area contributed by atoms with Crippen LogP contribution in [0.1, 0.15) is 5.56 Å². The molecule has 0 saturated heterocycles. The Hall–Kier alpha value is -0.700. The molecule has 0 saturated carbocycles. The van der Waals surface area contributed by atoms with Crippen LogP contribution in [0.25, 0.3) is 0 Å². The molecule has 0 aliphatic carbocycles. The smallest absolute Gasteiger partial charge is 0.218 e. The molecule has 1 rings (SSSR count). The second-order valence-corrected chi connectivity index (χ2v) is 2.24. The summed E-state index contributed by atoms with van der Waals surface area (Å²) in [6, 6.07) is 0. The normalized spacial score (nSPS) is 10.0. The zero-order chi connectivity index (χ0) is 7.72. The van der Waals surface area contributed by atoms with Gasteiger partial charge in [-0.2, -0.15) is 4.39 Å². The quantitative estimate of drug-likeness (QED) is 0.535. The van der Waals surface area contributed by atoms with E-state index >= 15 is 0 Å². The first kappa shape index (κ1) is 7.41. The fraction of sp³-hybridized carbons (Fsp3) is 0.167. The van der Waals surface area contributed by atoms with Crippen molar-refractivity contribution in [1.82, 2.24) is 4.98 Å². The molecule has 0 unspecified atom stereocenters. The van der Waals surface area contributed by atoms with Gasteiger partial charge in [-0.05, 0) is 6.92 Å². The van der Waals surface area contributed by atoms with Gasteiger partial charge in [0.2, 0.25) is 5.95 Å². The third kappa shape index (κ3) is 1.09. The van der Waals surface area contributed by atoms with Gasteiger partial charge in [0.25, 0.3) is 0 Å². The average Bonchev–Trinajstić information content (AvgIpc) is 1.93. The second kappa shape index (κ2) is 2.50. The van der Waals surface area contributed by atoms with Gasteiger partial charge in [-0.1, -0.05) is 11.6 Å². The molecule has 54 valence electrons. The number of rotatable bonds is 0. The van der Waals surface area contributed by atoms with Crippen LogP contribution in [0.5, 0.6) is 0 Å². The van der Waals surface area contributed by atoms with E-state index < -0.39 is 11.8 Å². The molecule has 0 bridgehead atoms. The molecule has 0 radical (unpaired) electrons. The molecule has 4 heteroatoms. The van der Waals surface area contributed by atoms with Gasteiger partial charge in [-0.25, -0.2) is 9.37 Å². The van der Waals surface area contributed by atoms with Crippen LogP contribution in [0.15, 0.2) is 6.20 Å². The SMILES string of the molecule is Cc1c(F)ncc(Cl)c1F. The molecule has 0 atom stereocenters. The topological polar surface area (TPSA) is 12.9 Å². The van der Waals surface area contributed by atoms with E-state index in [0.29, 0.717) is 0 Å². The third-order valence-electron chi connectivity index (χ3n) is 1.14. The second-order valence-electron chi connectivity index (χ2n) is 1.84. The van der Waals surface area contributed by atoms with Gasteiger partial charge in [0.05, 0.1) is 11.2 Å². The standard InChI is InChI=1S/C6H4ClF2N/c1-3-5(8)4(7)2-10-6(3)9/h2H,1H3. The van der Waals surface area contributed by atoms with Gasteiger partial charge in [-0.3, -0.25) is 0 Å². The highest BCUT2D eigenvalue weighted by atomic mass is 35.5. The predicted octanol–water partition coefficient (Wildman–Crippen LogP) is 2.32. The van der Waals surface area contributed by atoms with Gasteiger partial charge in [0.15, 0.2) is 5.82 Å². The van der Waals surface area contributed by atoms with Crippen LogP contribution in [0.4, 0.5) is 8.78 Å². The Balaban J connectivity index is 3.34. The van der Waals surface area contributed by atoms with Gasteiger partial charge >= 0.3 is 0 Å². The Kier molecular flexibility index (Phi) is 1.85. The third-order valence-corrected chi connectivity index (χ3v) is 1.40. The van der Waals surface area contributed by atoms with Gasteiger partial charge < -0.3 is 0 Å². The molecular weight excluding hydrogens is 160 g/mol. The van der Waals surface area contributed by atoms with Crippen LogP contribution in [0, 0.1) is 18.7 Å². The van der Waals surface area contributed by atoms with E-state index in [0.717, 1.165) is 6.20 Å². The lowest BCUT2D eigenvalue weighted by Gasteiger charge is -1.97. The zero-order valence-electron chi connectivity index (χ0n) is 5.16. The summed E-state index contributed by atoms with van der Waals surface area (Å²) < 4.78 is 24.9. The Morgan fingerprint density at radius 2 is 2.10 bits per heavy atom. The maximum atomic E-state index is 12.6. The van der Waals surface area contributed by atoms with Crippen LogP contribution < -0.4 is 0 Å². The van der Waals surface area contributed by atoms with Crippen LogP contribution in [-0.2, 0) is 0 Å². The lowest BCUT2D eigenvalue weighted by Crippen LogP contribution is -1.92. The zero-order valence-corrected chi connectivity index (χ0v) is 5.91. The molecule has 0 N–H and O–H groups in total. The van der Waals surface area contributed by atoms with Crippen LogP contribution in [0.2, 0.25) is 5.02 Å². The summed E-state index contributed by atoms with van der Waals surface area (Å²) in [4.78, 5) is 3.20. The van der Waals surface area contributed by atoms with Crippen molar-refractivity contribution in [2.75, 3.05) is 0 Å². The van der Waals surface area contributed by atoms with Crippen molar-refractivity contribution >= 4 is 11.6 Å². The molecule has 1 aromatic rings. The lowest BCUT2D eigenvalue weighted by molar-refractivity contribution is 0.537. The van der Waals surface area contributed by atoms with Crippen LogP contribution >= 0.6 is 11.6 Å². The summed E-state index contributed by atoms with van der Waals surface area (Å²) in [5, 5.41) is -0.154. The van der Waals surface area contributed by atoms with E-state index in [4.69, 9.17) is 11.6 Å². The average molecular weight is 164 g/mol.